The summed E-state index contributed by atoms with van der Waals surface area (Å²) in [6, 6.07) is 0. The van der Waals surface area contributed by atoms with Crippen LogP contribution in [0.5, 0.6) is 0 Å². The number of alkyl halides is 3. The number of halogens is 3. The van der Waals surface area contributed by atoms with E-state index >= 15 is 0 Å². The lowest BCUT2D eigenvalue weighted by molar-refractivity contribution is -0.177. The summed E-state index contributed by atoms with van der Waals surface area (Å²) in [6.07, 6.45) is -3.86. The molecule has 1 fully saturated rings. The van der Waals surface area contributed by atoms with E-state index in [9.17, 15) is 21.6 Å². The first kappa shape index (κ1) is 18.7. The van der Waals surface area contributed by atoms with E-state index in [0.717, 1.165) is 0 Å². The van der Waals surface area contributed by atoms with Gasteiger partial charge in [0.25, 0.3) is 0 Å². The van der Waals surface area contributed by atoms with E-state index in [1.54, 1.807) is 0 Å². The predicted molar refractivity (Wildman–Crippen MR) is 74.9 cm³/mol. The van der Waals surface area contributed by atoms with Crippen molar-refractivity contribution in [2.75, 3.05) is 31.3 Å². The first-order valence-electron chi connectivity index (χ1n) is 6.98. The van der Waals surface area contributed by atoms with Crippen LogP contribution in [0, 0.1) is 11.8 Å². The van der Waals surface area contributed by atoms with Crippen LogP contribution in [0.2, 0.25) is 0 Å². The summed E-state index contributed by atoms with van der Waals surface area (Å²) < 4.78 is 64.3. The Morgan fingerprint density at radius 2 is 1.90 bits per heavy atom. The van der Waals surface area contributed by atoms with Crippen molar-refractivity contribution in [3.63, 3.8) is 0 Å². The van der Waals surface area contributed by atoms with Gasteiger partial charge in [0, 0.05) is 12.1 Å². The van der Waals surface area contributed by atoms with Gasteiger partial charge < -0.3 is 10.1 Å². The van der Waals surface area contributed by atoms with Crippen molar-refractivity contribution in [1.82, 2.24) is 5.32 Å². The maximum atomic E-state index is 12.1. The maximum absolute atomic E-state index is 12.1. The molecule has 4 nitrogen and oxygen atoms in total. The standard InChI is InChI=1S/C13H24F3NO3S/c1-12(2,3)17-6-11(7-20-9-13(14,15)16)10-4-5-21(18,19)8-10/h10-11,17H,4-9H2,1-3H3. The van der Waals surface area contributed by atoms with Crippen LogP contribution in [0.3, 0.4) is 0 Å². The molecule has 0 aromatic carbocycles. The number of hydrogen-bond donors (Lipinski definition) is 1. The minimum atomic E-state index is -4.36. The molecule has 8 heteroatoms. The molecule has 1 N–H and O–H groups in total. The Morgan fingerprint density at radius 1 is 1.29 bits per heavy atom. The summed E-state index contributed by atoms with van der Waals surface area (Å²) in [5.41, 5.74) is -0.181. The van der Waals surface area contributed by atoms with Gasteiger partial charge in [0.2, 0.25) is 0 Å². The van der Waals surface area contributed by atoms with Crippen LogP contribution in [0.15, 0.2) is 0 Å². The van der Waals surface area contributed by atoms with Gasteiger partial charge in [0.15, 0.2) is 9.84 Å². The molecule has 0 amide bonds. The minimum Gasteiger partial charge on any atom is -0.372 e. The number of sulfone groups is 1. The smallest absolute Gasteiger partial charge is 0.372 e. The highest BCUT2D eigenvalue weighted by atomic mass is 32.2. The highest BCUT2D eigenvalue weighted by Crippen LogP contribution is 2.27. The first-order chi connectivity index (χ1) is 9.38. The van der Waals surface area contributed by atoms with Crippen LogP contribution >= 0.6 is 0 Å². The lowest BCUT2D eigenvalue weighted by atomic mass is 9.91. The molecular formula is C13H24F3NO3S. The second-order valence-corrected chi connectivity index (χ2v) is 8.91. The summed E-state index contributed by atoms with van der Waals surface area (Å²) in [5, 5.41) is 3.22. The molecule has 0 saturated carbocycles. The van der Waals surface area contributed by atoms with Crippen molar-refractivity contribution in [3.05, 3.63) is 0 Å². The second-order valence-electron chi connectivity index (χ2n) is 6.68. The van der Waals surface area contributed by atoms with Crippen LogP contribution < -0.4 is 5.32 Å². The molecule has 1 rings (SSSR count). The zero-order valence-electron chi connectivity index (χ0n) is 12.7. The number of rotatable bonds is 6. The average molecular weight is 331 g/mol. The van der Waals surface area contributed by atoms with Crippen molar-refractivity contribution in [2.24, 2.45) is 11.8 Å². The van der Waals surface area contributed by atoms with E-state index in [-0.39, 0.29) is 35.5 Å². The van der Waals surface area contributed by atoms with E-state index in [1.165, 1.54) is 0 Å². The number of nitrogens with one attached hydrogen (secondary N) is 1. The van der Waals surface area contributed by atoms with E-state index in [2.05, 4.69) is 5.32 Å². The predicted octanol–water partition coefficient (Wildman–Crippen LogP) is 2.00. The fourth-order valence-corrected chi connectivity index (χ4v) is 4.24. The molecule has 1 aliphatic rings. The topological polar surface area (TPSA) is 55.4 Å². The zero-order valence-corrected chi connectivity index (χ0v) is 13.5. The van der Waals surface area contributed by atoms with Crippen molar-refractivity contribution in [2.45, 2.75) is 38.9 Å². The van der Waals surface area contributed by atoms with Crippen molar-refractivity contribution in [1.29, 1.82) is 0 Å². The minimum absolute atomic E-state index is 0.0405. The molecule has 0 aromatic heterocycles. The first-order valence-corrected chi connectivity index (χ1v) is 8.80. The molecule has 21 heavy (non-hydrogen) atoms. The highest BCUT2D eigenvalue weighted by Gasteiger charge is 2.35. The lowest BCUT2D eigenvalue weighted by Crippen LogP contribution is -2.42. The molecule has 0 aliphatic carbocycles. The van der Waals surface area contributed by atoms with Crippen molar-refractivity contribution >= 4 is 9.84 Å². The molecule has 1 heterocycles. The van der Waals surface area contributed by atoms with Crippen LogP contribution in [0.1, 0.15) is 27.2 Å². The van der Waals surface area contributed by atoms with Gasteiger partial charge in [0.05, 0.1) is 18.1 Å². The molecule has 1 saturated heterocycles. The summed E-state index contributed by atoms with van der Waals surface area (Å²) in [7, 11) is -3.05. The van der Waals surface area contributed by atoms with Gasteiger partial charge in [-0.3, -0.25) is 0 Å². The Balaban J connectivity index is 2.58. The van der Waals surface area contributed by atoms with Gasteiger partial charge in [0.1, 0.15) is 6.61 Å². The van der Waals surface area contributed by atoms with Crippen LogP contribution in [0.4, 0.5) is 13.2 Å². The Morgan fingerprint density at radius 3 is 2.33 bits per heavy atom. The Labute approximate surface area is 124 Å². The van der Waals surface area contributed by atoms with Gasteiger partial charge in [-0.05, 0) is 39.0 Å². The highest BCUT2D eigenvalue weighted by molar-refractivity contribution is 7.91. The normalized spacial score (nSPS) is 24.2. The van der Waals surface area contributed by atoms with Gasteiger partial charge in [-0.1, -0.05) is 0 Å². The third-order valence-electron chi connectivity index (χ3n) is 3.43. The van der Waals surface area contributed by atoms with Gasteiger partial charge in [-0.15, -0.1) is 0 Å². The van der Waals surface area contributed by atoms with Gasteiger partial charge >= 0.3 is 6.18 Å². The number of ether oxygens (including phenoxy) is 1. The van der Waals surface area contributed by atoms with Crippen LogP contribution in [0.25, 0.3) is 0 Å². The van der Waals surface area contributed by atoms with E-state index in [1.807, 2.05) is 20.8 Å². The molecular weight excluding hydrogens is 307 g/mol. The molecule has 126 valence electrons. The molecule has 0 spiro atoms. The molecule has 1 aliphatic heterocycles. The maximum Gasteiger partial charge on any atom is 0.411 e. The monoisotopic (exact) mass is 331 g/mol. The Hall–Kier alpha value is -0.340. The fraction of sp³-hybridized carbons (Fsp3) is 1.00. The quantitative estimate of drug-likeness (QED) is 0.809. The van der Waals surface area contributed by atoms with E-state index in [0.29, 0.717) is 13.0 Å². The molecule has 0 bridgehead atoms. The Bertz CT molecular complexity index is 429. The largest absolute Gasteiger partial charge is 0.411 e. The Kier molecular flexibility index (Phi) is 6.08. The summed E-state index contributed by atoms with van der Waals surface area (Å²) in [6.45, 7) is 4.92. The molecule has 2 unspecified atom stereocenters. The zero-order chi connectivity index (χ0) is 16.3. The summed E-state index contributed by atoms with van der Waals surface area (Å²) in [4.78, 5) is 0. The molecule has 2 atom stereocenters. The van der Waals surface area contributed by atoms with Gasteiger partial charge in [-0.2, -0.15) is 13.2 Å². The van der Waals surface area contributed by atoms with Crippen molar-refractivity contribution in [3.8, 4) is 0 Å². The SMILES string of the molecule is CC(C)(C)NCC(COCC(F)(F)F)C1CCS(=O)(=O)C1. The van der Waals surface area contributed by atoms with Gasteiger partial charge in [-0.25, -0.2) is 8.42 Å². The lowest BCUT2D eigenvalue weighted by Gasteiger charge is -2.28. The number of hydrogen-bond acceptors (Lipinski definition) is 4. The summed E-state index contributed by atoms with van der Waals surface area (Å²) in [5.74, 6) is -0.219. The van der Waals surface area contributed by atoms with Crippen LogP contribution in [-0.2, 0) is 14.6 Å². The third kappa shape index (κ3) is 8.01. The summed E-state index contributed by atoms with van der Waals surface area (Å²) >= 11 is 0. The van der Waals surface area contributed by atoms with E-state index < -0.39 is 22.6 Å². The average Bonchev–Trinajstić information content (AvgIpc) is 2.60. The second kappa shape index (κ2) is 6.83. The fourth-order valence-electron chi connectivity index (χ4n) is 2.32. The van der Waals surface area contributed by atoms with Crippen LogP contribution in [-0.4, -0.2) is 51.4 Å². The van der Waals surface area contributed by atoms with E-state index in [4.69, 9.17) is 4.74 Å². The molecule has 0 radical (unpaired) electrons. The molecule has 0 aromatic rings. The van der Waals surface area contributed by atoms with Crippen molar-refractivity contribution < 1.29 is 26.3 Å². The third-order valence-corrected chi connectivity index (χ3v) is 5.22.